The highest BCUT2D eigenvalue weighted by Gasteiger charge is 2.06. The molecule has 0 bridgehead atoms. The molecular formula is C8H15N3S. The van der Waals surface area contributed by atoms with Gasteiger partial charge in [-0.05, 0) is 13.2 Å². The van der Waals surface area contributed by atoms with E-state index in [0.29, 0.717) is 12.6 Å². The molecule has 0 radical (unpaired) electrons. The lowest BCUT2D eigenvalue weighted by Crippen LogP contribution is -2.12. The van der Waals surface area contributed by atoms with Crippen molar-refractivity contribution >= 4 is 11.8 Å². The number of nitrogens with two attached hydrogens (primary N) is 1. The Bertz CT molecular complexity index is 234. The summed E-state index contributed by atoms with van der Waals surface area (Å²) in [6, 6.07) is 0.487. The summed E-state index contributed by atoms with van der Waals surface area (Å²) in [7, 11) is 0. The zero-order valence-corrected chi connectivity index (χ0v) is 8.34. The zero-order chi connectivity index (χ0) is 8.97. The highest BCUT2D eigenvalue weighted by molar-refractivity contribution is 7.98. The van der Waals surface area contributed by atoms with Gasteiger partial charge in [-0.1, -0.05) is 0 Å². The molecule has 1 heterocycles. The molecule has 1 atom stereocenters. The molecule has 0 fully saturated rings. The number of aromatic nitrogens is 2. The van der Waals surface area contributed by atoms with Gasteiger partial charge in [-0.2, -0.15) is 11.8 Å². The Hall–Kier alpha value is -0.480. The Balaban J connectivity index is 2.71. The monoisotopic (exact) mass is 185 g/mol. The number of nitrogens with zero attached hydrogens (tertiary/aromatic N) is 2. The molecule has 0 saturated carbocycles. The molecule has 0 aliphatic rings. The molecule has 1 aromatic rings. The summed E-state index contributed by atoms with van der Waals surface area (Å²) in [5, 5.41) is 0. The Morgan fingerprint density at radius 2 is 2.50 bits per heavy atom. The van der Waals surface area contributed by atoms with Crippen LogP contribution in [0.2, 0.25) is 0 Å². The lowest BCUT2D eigenvalue weighted by Gasteiger charge is -2.14. The number of hydrogen-bond donors (Lipinski definition) is 1. The molecule has 0 saturated heterocycles. The minimum Gasteiger partial charge on any atom is -0.330 e. The van der Waals surface area contributed by atoms with Gasteiger partial charge in [0.05, 0.1) is 12.0 Å². The summed E-state index contributed by atoms with van der Waals surface area (Å²) in [5.41, 5.74) is 6.67. The number of hydrogen-bond acceptors (Lipinski definition) is 3. The normalized spacial score (nSPS) is 13.2. The van der Waals surface area contributed by atoms with Gasteiger partial charge in [0.15, 0.2) is 0 Å². The fourth-order valence-electron chi connectivity index (χ4n) is 1.21. The highest BCUT2D eigenvalue weighted by atomic mass is 32.2. The van der Waals surface area contributed by atoms with Crippen LogP contribution in [0.3, 0.4) is 0 Å². The van der Waals surface area contributed by atoms with E-state index >= 15 is 0 Å². The van der Waals surface area contributed by atoms with Gasteiger partial charge in [0.25, 0.3) is 0 Å². The van der Waals surface area contributed by atoms with Crippen molar-refractivity contribution in [2.45, 2.75) is 19.5 Å². The van der Waals surface area contributed by atoms with Crippen molar-refractivity contribution in [3.05, 3.63) is 18.2 Å². The van der Waals surface area contributed by atoms with Crippen molar-refractivity contribution in [1.29, 1.82) is 0 Å². The van der Waals surface area contributed by atoms with Crippen LogP contribution >= 0.6 is 11.8 Å². The Morgan fingerprint density at radius 1 is 1.75 bits per heavy atom. The van der Waals surface area contributed by atoms with E-state index < -0.39 is 0 Å². The summed E-state index contributed by atoms with van der Waals surface area (Å²) in [4.78, 5) is 4.07. The number of rotatable bonds is 4. The minimum atomic E-state index is 0.487. The first-order valence-electron chi connectivity index (χ1n) is 3.99. The molecule has 0 aliphatic heterocycles. The van der Waals surface area contributed by atoms with E-state index in [2.05, 4.69) is 22.7 Å². The minimum absolute atomic E-state index is 0.487. The second-order valence-corrected chi connectivity index (χ2v) is 3.71. The van der Waals surface area contributed by atoms with Crippen molar-refractivity contribution < 1.29 is 0 Å². The van der Waals surface area contributed by atoms with Crippen LogP contribution in [0, 0.1) is 0 Å². The van der Waals surface area contributed by atoms with Gasteiger partial charge < -0.3 is 10.3 Å². The number of thioether (sulfide) groups is 1. The Kier molecular flexibility index (Phi) is 3.62. The average molecular weight is 185 g/mol. The van der Waals surface area contributed by atoms with E-state index in [0.717, 1.165) is 11.4 Å². The summed E-state index contributed by atoms with van der Waals surface area (Å²) < 4.78 is 2.14. The molecule has 3 nitrogen and oxygen atoms in total. The van der Waals surface area contributed by atoms with E-state index in [1.807, 2.05) is 24.3 Å². The summed E-state index contributed by atoms with van der Waals surface area (Å²) >= 11 is 1.84. The van der Waals surface area contributed by atoms with Crippen molar-refractivity contribution in [2.75, 3.05) is 12.0 Å². The van der Waals surface area contributed by atoms with E-state index in [-0.39, 0.29) is 0 Å². The van der Waals surface area contributed by atoms with Crippen molar-refractivity contribution in [1.82, 2.24) is 9.55 Å². The molecule has 12 heavy (non-hydrogen) atoms. The third-order valence-corrected chi connectivity index (χ3v) is 2.65. The molecule has 1 unspecified atom stereocenters. The summed E-state index contributed by atoms with van der Waals surface area (Å²) in [6.45, 7) is 2.75. The molecule has 1 rings (SSSR count). The molecular weight excluding hydrogens is 170 g/mol. The summed E-state index contributed by atoms with van der Waals surface area (Å²) in [5.74, 6) is 1.10. The molecule has 0 spiro atoms. The fourth-order valence-corrected chi connectivity index (χ4v) is 1.85. The highest BCUT2D eigenvalue weighted by Crippen LogP contribution is 2.13. The second-order valence-electron chi connectivity index (χ2n) is 2.80. The van der Waals surface area contributed by atoms with Gasteiger partial charge in [0, 0.05) is 24.5 Å². The van der Waals surface area contributed by atoms with Crippen molar-refractivity contribution in [2.24, 2.45) is 5.73 Å². The topological polar surface area (TPSA) is 43.8 Å². The van der Waals surface area contributed by atoms with Crippen LogP contribution in [0.1, 0.15) is 18.7 Å². The van der Waals surface area contributed by atoms with Crippen LogP contribution < -0.4 is 5.73 Å². The van der Waals surface area contributed by atoms with E-state index in [4.69, 9.17) is 5.73 Å². The molecule has 0 aliphatic carbocycles. The number of imidazole rings is 1. The molecule has 0 aromatic carbocycles. The molecule has 1 aromatic heterocycles. The standard InChI is InChI=1S/C8H15N3S/c1-7(5-12-2)11-6-10-4-8(11)3-9/h4,6-7H,3,5,9H2,1-2H3. The van der Waals surface area contributed by atoms with Crippen LogP contribution in [-0.2, 0) is 6.54 Å². The first kappa shape index (κ1) is 9.61. The van der Waals surface area contributed by atoms with E-state index in [1.54, 1.807) is 0 Å². The smallest absolute Gasteiger partial charge is 0.0951 e. The van der Waals surface area contributed by atoms with Gasteiger partial charge in [-0.15, -0.1) is 0 Å². The summed E-state index contributed by atoms with van der Waals surface area (Å²) in [6.07, 6.45) is 5.79. The largest absolute Gasteiger partial charge is 0.330 e. The molecule has 2 N–H and O–H groups in total. The van der Waals surface area contributed by atoms with Crippen molar-refractivity contribution in [3.63, 3.8) is 0 Å². The SMILES string of the molecule is CSCC(C)n1cncc1CN. The predicted molar refractivity (Wildman–Crippen MR) is 53.2 cm³/mol. The zero-order valence-electron chi connectivity index (χ0n) is 7.53. The third kappa shape index (κ3) is 2.01. The Labute approximate surface area is 77.4 Å². The maximum atomic E-state index is 5.56. The van der Waals surface area contributed by atoms with Gasteiger partial charge >= 0.3 is 0 Å². The van der Waals surface area contributed by atoms with Crippen LogP contribution in [0.5, 0.6) is 0 Å². The van der Waals surface area contributed by atoms with Crippen molar-refractivity contribution in [3.8, 4) is 0 Å². The van der Waals surface area contributed by atoms with E-state index in [1.165, 1.54) is 0 Å². The molecule has 0 amide bonds. The second kappa shape index (κ2) is 4.52. The quantitative estimate of drug-likeness (QED) is 0.768. The van der Waals surface area contributed by atoms with E-state index in [9.17, 15) is 0 Å². The van der Waals surface area contributed by atoms with Crippen LogP contribution in [0.25, 0.3) is 0 Å². The van der Waals surface area contributed by atoms with Crippen LogP contribution in [0.4, 0.5) is 0 Å². The average Bonchev–Trinajstić information content (AvgIpc) is 2.51. The maximum absolute atomic E-state index is 5.56. The van der Waals surface area contributed by atoms with Crippen LogP contribution in [0.15, 0.2) is 12.5 Å². The maximum Gasteiger partial charge on any atom is 0.0951 e. The Morgan fingerprint density at radius 3 is 3.08 bits per heavy atom. The lowest BCUT2D eigenvalue weighted by molar-refractivity contribution is 0.583. The predicted octanol–water partition coefficient (Wildman–Crippen LogP) is 1.27. The van der Waals surface area contributed by atoms with Gasteiger partial charge in [-0.3, -0.25) is 0 Å². The molecule has 4 heteroatoms. The first-order chi connectivity index (χ1) is 5.79. The first-order valence-corrected chi connectivity index (χ1v) is 5.38. The van der Waals surface area contributed by atoms with Crippen LogP contribution in [-0.4, -0.2) is 21.6 Å². The van der Waals surface area contributed by atoms with Gasteiger partial charge in [0.1, 0.15) is 0 Å². The van der Waals surface area contributed by atoms with Gasteiger partial charge in [0.2, 0.25) is 0 Å². The molecule has 68 valence electrons. The fraction of sp³-hybridized carbons (Fsp3) is 0.625. The van der Waals surface area contributed by atoms with Gasteiger partial charge in [-0.25, -0.2) is 4.98 Å². The lowest BCUT2D eigenvalue weighted by atomic mass is 10.3. The third-order valence-electron chi connectivity index (χ3n) is 1.84.